The van der Waals surface area contributed by atoms with Gasteiger partial charge in [-0.2, -0.15) is 0 Å². The molecule has 0 atom stereocenters. The third-order valence-electron chi connectivity index (χ3n) is 2.83. The topological polar surface area (TPSA) is 20.2 Å². The zero-order valence-electron chi connectivity index (χ0n) is 7.93. The lowest BCUT2D eigenvalue weighted by molar-refractivity contribution is -0.0766. The molecule has 3 heteroatoms. The first-order valence-corrected chi connectivity index (χ1v) is 4.70. The summed E-state index contributed by atoms with van der Waals surface area (Å²) in [6, 6.07) is 3.93. The second kappa shape index (κ2) is 3.02. The van der Waals surface area contributed by atoms with Crippen LogP contribution in [-0.4, -0.2) is 5.11 Å². The Kier molecular flexibility index (Phi) is 2.07. The molecule has 0 saturated heterocycles. The van der Waals surface area contributed by atoms with Crippen molar-refractivity contribution >= 4 is 0 Å². The van der Waals surface area contributed by atoms with Gasteiger partial charge >= 0.3 is 0 Å². The van der Waals surface area contributed by atoms with E-state index in [2.05, 4.69) is 0 Å². The average Bonchev–Trinajstić information content (AvgIpc) is 2.07. The summed E-state index contributed by atoms with van der Waals surface area (Å²) in [5.41, 5.74) is -1.05. The second-order valence-electron chi connectivity index (χ2n) is 4.15. The molecule has 2 rings (SSSR count). The van der Waals surface area contributed by atoms with E-state index in [0.29, 0.717) is 18.8 Å². The summed E-state index contributed by atoms with van der Waals surface area (Å²) in [7, 11) is 0. The van der Waals surface area contributed by atoms with Crippen LogP contribution in [0.3, 0.4) is 0 Å². The Morgan fingerprint density at radius 2 is 2.00 bits per heavy atom. The van der Waals surface area contributed by atoms with Crippen LogP contribution in [0.25, 0.3) is 0 Å². The molecular weight excluding hydrogens is 186 g/mol. The van der Waals surface area contributed by atoms with E-state index in [4.69, 9.17) is 0 Å². The third-order valence-corrected chi connectivity index (χ3v) is 2.83. The quantitative estimate of drug-likeness (QED) is 0.735. The minimum absolute atomic E-state index is 0.0931. The summed E-state index contributed by atoms with van der Waals surface area (Å²) in [5, 5.41) is 9.95. The van der Waals surface area contributed by atoms with E-state index in [-0.39, 0.29) is 5.56 Å². The van der Waals surface area contributed by atoms with Crippen LogP contribution in [0.5, 0.6) is 0 Å². The first-order valence-electron chi connectivity index (χ1n) is 4.70. The molecule has 1 fully saturated rings. The molecule has 0 amide bonds. The van der Waals surface area contributed by atoms with Gasteiger partial charge in [-0.1, -0.05) is 19.1 Å². The van der Waals surface area contributed by atoms with Crippen molar-refractivity contribution in [1.82, 2.24) is 0 Å². The molecule has 1 aliphatic rings. The molecule has 0 bridgehead atoms. The molecule has 0 spiro atoms. The van der Waals surface area contributed by atoms with Gasteiger partial charge in [-0.15, -0.1) is 0 Å². The molecule has 1 aliphatic carbocycles. The first-order chi connectivity index (χ1) is 6.53. The SMILES string of the molecule is CC1CC(O)(c2cccc(F)c2F)C1. The minimum Gasteiger partial charge on any atom is -0.385 e. The molecule has 1 aromatic rings. The van der Waals surface area contributed by atoms with E-state index in [1.54, 1.807) is 0 Å². The van der Waals surface area contributed by atoms with Crippen LogP contribution in [-0.2, 0) is 5.60 Å². The second-order valence-corrected chi connectivity index (χ2v) is 4.15. The summed E-state index contributed by atoms with van der Waals surface area (Å²) in [6.07, 6.45) is 1.01. The maximum absolute atomic E-state index is 13.3. The summed E-state index contributed by atoms with van der Waals surface area (Å²) in [5.74, 6) is -1.43. The molecule has 0 radical (unpaired) electrons. The highest BCUT2D eigenvalue weighted by Crippen LogP contribution is 2.46. The van der Waals surface area contributed by atoms with Gasteiger partial charge in [0, 0.05) is 5.56 Å². The van der Waals surface area contributed by atoms with E-state index in [1.807, 2.05) is 6.92 Å². The Morgan fingerprint density at radius 3 is 2.57 bits per heavy atom. The number of rotatable bonds is 1. The Morgan fingerprint density at radius 1 is 1.36 bits per heavy atom. The predicted molar refractivity (Wildman–Crippen MR) is 48.7 cm³/mol. The van der Waals surface area contributed by atoms with Crippen LogP contribution in [0.2, 0.25) is 0 Å². The van der Waals surface area contributed by atoms with Crippen LogP contribution >= 0.6 is 0 Å². The summed E-state index contributed by atoms with van der Waals surface area (Å²) in [4.78, 5) is 0. The van der Waals surface area contributed by atoms with Gasteiger partial charge in [0.1, 0.15) is 0 Å². The normalized spacial score (nSPS) is 31.3. The summed E-state index contributed by atoms with van der Waals surface area (Å²) in [6.45, 7) is 1.98. The van der Waals surface area contributed by atoms with Crippen LogP contribution < -0.4 is 0 Å². The predicted octanol–water partition coefficient (Wildman–Crippen LogP) is 2.58. The molecule has 0 heterocycles. The van der Waals surface area contributed by atoms with Crippen molar-refractivity contribution in [3.8, 4) is 0 Å². The monoisotopic (exact) mass is 198 g/mol. The van der Waals surface area contributed by atoms with Crippen molar-refractivity contribution in [2.45, 2.75) is 25.4 Å². The van der Waals surface area contributed by atoms with Crippen molar-refractivity contribution in [3.05, 3.63) is 35.4 Å². The molecule has 1 saturated carbocycles. The molecule has 76 valence electrons. The largest absolute Gasteiger partial charge is 0.385 e. The lowest BCUT2D eigenvalue weighted by atomic mass is 9.68. The highest BCUT2D eigenvalue weighted by molar-refractivity contribution is 5.27. The zero-order valence-corrected chi connectivity index (χ0v) is 7.93. The fraction of sp³-hybridized carbons (Fsp3) is 0.455. The van der Waals surface area contributed by atoms with Crippen molar-refractivity contribution in [3.63, 3.8) is 0 Å². The lowest BCUT2D eigenvalue weighted by Gasteiger charge is -2.42. The van der Waals surface area contributed by atoms with Gasteiger partial charge in [0.05, 0.1) is 5.60 Å². The Balaban J connectivity index is 2.37. The third kappa shape index (κ3) is 1.32. The Bertz CT molecular complexity index is 356. The van der Waals surface area contributed by atoms with E-state index in [0.717, 1.165) is 6.07 Å². The maximum atomic E-state index is 13.3. The van der Waals surface area contributed by atoms with Gasteiger partial charge in [-0.25, -0.2) is 8.78 Å². The standard InChI is InChI=1S/C11H12F2O/c1-7-5-11(14,6-7)8-3-2-4-9(12)10(8)13/h2-4,7,14H,5-6H2,1H3. The first kappa shape index (κ1) is 9.59. The van der Waals surface area contributed by atoms with Gasteiger partial charge in [0.2, 0.25) is 0 Å². The average molecular weight is 198 g/mol. The highest BCUT2D eigenvalue weighted by atomic mass is 19.2. The maximum Gasteiger partial charge on any atom is 0.164 e. The zero-order chi connectivity index (χ0) is 10.3. The Hall–Kier alpha value is -0.960. The molecule has 1 N–H and O–H groups in total. The number of aliphatic hydroxyl groups is 1. The van der Waals surface area contributed by atoms with Crippen molar-refractivity contribution in [2.24, 2.45) is 5.92 Å². The molecule has 0 aliphatic heterocycles. The fourth-order valence-electron chi connectivity index (χ4n) is 2.18. The van der Waals surface area contributed by atoms with E-state index < -0.39 is 17.2 Å². The summed E-state index contributed by atoms with van der Waals surface area (Å²) >= 11 is 0. The van der Waals surface area contributed by atoms with Crippen molar-refractivity contribution in [2.75, 3.05) is 0 Å². The fourth-order valence-corrected chi connectivity index (χ4v) is 2.18. The van der Waals surface area contributed by atoms with E-state index >= 15 is 0 Å². The highest BCUT2D eigenvalue weighted by Gasteiger charge is 2.43. The van der Waals surface area contributed by atoms with Gasteiger partial charge in [-0.3, -0.25) is 0 Å². The molecule has 0 unspecified atom stereocenters. The van der Waals surface area contributed by atoms with Crippen LogP contribution in [0.4, 0.5) is 8.78 Å². The van der Waals surface area contributed by atoms with Gasteiger partial charge in [0.15, 0.2) is 11.6 Å². The lowest BCUT2D eigenvalue weighted by Crippen LogP contribution is -2.40. The number of benzene rings is 1. The van der Waals surface area contributed by atoms with Crippen LogP contribution in [0.15, 0.2) is 18.2 Å². The van der Waals surface area contributed by atoms with Gasteiger partial charge in [0.25, 0.3) is 0 Å². The minimum atomic E-state index is -1.15. The number of hydrogen-bond donors (Lipinski definition) is 1. The van der Waals surface area contributed by atoms with Crippen molar-refractivity contribution in [1.29, 1.82) is 0 Å². The smallest absolute Gasteiger partial charge is 0.164 e. The Labute approximate surface area is 81.4 Å². The van der Waals surface area contributed by atoms with E-state index in [9.17, 15) is 13.9 Å². The van der Waals surface area contributed by atoms with Gasteiger partial charge < -0.3 is 5.11 Å². The van der Waals surface area contributed by atoms with Crippen molar-refractivity contribution < 1.29 is 13.9 Å². The van der Waals surface area contributed by atoms with Crippen LogP contribution in [0.1, 0.15) is 25.3 Å². The molecule has 1 nitrogen and oxygen atoms in total. The van der Waals surface area contributed by atoms with Crippen LogP contribution in [0, 0.1) is 17.6 Å². The molecule has 1 aromatic carbocycles. The van der Waals surface area contributed by atoms with Gasteiger partial charge in [-0.05, 0) is 24.8 Å². The molecule has 14 heavy (non-hydrogen) atoms. The molecular formula is C11H12F2O. The molecule has 0 aromatic heterocycles. The number of halogens is 2. The number of hydrogen-bond acceptors (Lipinski definition) is 1. The summed E-state index contributed by atoms with van der Waals surface area (Å²) < 4.78 is 26.2. The van der Waals surface area contributed by atoms with E-state index in [1.165, 1.54) is 12.1 Å².